The van der Waals surface area contributed by atoms with E-state index in [1.165, 1.54) is 47.0 Å². The highest BCUT2D eigenvalue weighted by atomic mass is 32.2. The molecule has 3 aromatic carbocycles. The maximum atomic E-state index is 13.4. The highest BCUT2D eigenvalue weighted by Gasteiger charge is 2.16. The van der Waals surface area contributed by atoms with Gasteiger partial charge in [-0.05, 0) is 48.5 Å². The Balaban J connectivity index is 1.62. The van der Waals surface area contributed by atoms with Crippen LogP contribution in [0.25, 0.3) is 16.6 Å². The zero-order chi connectivity index (χ0) is 23.4. The number of nitrogens with zero attached hydrogens (tertiary/aromatic N) is 2. The first-order valence-corrected chi connectivity index (χ1v) is 10.6. The van der Waals surface area contributed by atoms with E-state index in [9.17, 15) is 22.8 Å². The molecule has 10 heteroatoms. The van der Waals surface area contributed by atoms with Gasteiger partial charge in [-0.15, -0.1) is 0 Å². The molecule has 1 N–H and O–H groups in total. The molecule has 0 bridgehead atoms. The summed E-state index contributed by atoms with van der Waals surface area (Å²) in [5, 5.41) is 3.11. The number of halogens is 3. The van der Waals surface area contributed by atoms with E-state index in [1.54, 1.807) is 30.3 Å². The van der Waals surface area contributed by atoms with Gasteiger partial charge in [0, 0.05) is 0 Å². The van der Waals surface area contributed by atoms with Gasteiger partial charge in [0.05, 0.1) is 28.0 Å². The molecule has 168 valence electrons. The number of carbonyl (C=O) groups is 1. The van der Waals surface area contributed by atoms with E-state index in [4.69, 9.17) is 0 Å². The van der Waals surface area contributed by atoms with Crippen molar-refractivity contribution in [1.82, 2.24) is 9.55 Å². The molecule has 0 saturated carbocycles. The summed E-state index contributed by atoms with van der Waals surface area (Å²) < 4.78 is 44.3. The van der Waals surface area contributed by atoms with Crippen molar-refractivity contribution in [3.8, 4) is 11.4 Å². The Kier molecular flexibility index (Phi) is 6.64. The molecule has 1 aromatic heterocycles. The first-order valence-electron chi connectivity index (χ1n) is 9.66. The number of hydrogen-bond donors (Lipinski definition) is 1. The Bertz CT molecular complexity index is 1360. The quantitative estimate of drug-likeness (QED) is 0.308. The summed E-state index contributed by atoms with van der Waals surface area (Å²) in [7, 11) is 0. The molecule has 0 atom stereocenters. The molecule has 6 nitrogen and oxygen atoms in total. The third kappa shape index (κ3) is 5.17. The summed E-state index contributed by atoms with van der Waals surface area (Å²) in [6.45, 7) is -3.04. The molecule has 0 aliphatic carbocycles. The first-order chi connectivity index (χ1) is 15.9. The van der Waals surface area contributed by atoms with Gasteiger partial charge < -0.3 is 10.1 Å². The lowest BCUT2D eigenvalue weighted by molar-refractivity contribution is -0.113. The summed E-state index contributed by atoms with van der Waals surface area (Å²) in [6.07, 6.45) is 0. The molecular weight excluding hydrogens is 455 g/mol. The number of ether oxygens (including phenoxy) is 1. The van der Waals surface area contributed by atoms with Gasteiger partial charge in [0.1, 0.15) is 11.6 Å². The van der Waals surface area contributed by atoms with Gasteiger partial charge in [-0.1, -0.05) is 36.0 Å². The fourth-order valence-corrected chi connectivity index (χ4v) is 3.92. The van der Waals surface area contributed by atoms with E-state index in [0.29, 0.717) is 16.6 Å². The number of anilines is 1. The number of benzene rings is 3. The number of rotatable bonds is 7. The number of thioether (sulfide) groups is 1. The monoisotopic (exact) mass is 471 g/mol. The fourth-order valence-electron chi connectivity index (χ4n) is 3.11. The van der Waals surface area contributed by atoms with Crippen LogP contribution in [0.15, 0.2) is 82.7 Å². The minimum absolute atomic E-state index is 0.0887. The van der Waals surface area contributed by atoms with Crippen molar-refractivity contribution in [3.05, 3.63) is 89.0 Å². The van der Waals surface area contributed by atoms with E-state index in [0.717, 1.165) is 11.8 Å². The Morgan fingerprint density at radius 1 is 1.03 bits per heavy atom. The van der Waals surface area contributed by atoms with E-state index >= 15 is 0 Å². The highest BCUT2D eigenvalue weighted by Crippen LogP contribution is 2.26. The van der Waals surface area contributed by atoms with Crippen LogP contribution in [0, 0.1) is 5.82 Å². The number of nitrogens with one attached hydrogen (secondary N) is 1. The van der Waals surface area contributed by atoms with Gasteiger partial charge in [0.15, 0.2) is 5.16 Å². The Hall–Kier alpha value is -3.79. The van der Waals surface area contributed by atoms with Crippen LogP contribution in [0.4, 0.5) is 18.9 Å². The zero-order valence-electron chi connectivity index (χ0n) is 16.9. The molecule has 0 aliphatic rings. The summed E-state index contributed by atoms with van der Waals surface area (Å²) >= 11 is 0.979. The highest BCUT2D eigenvalue weighted by molar-refractivity contribution is 7.99. The summed E-state index contributed by atoms with van der Waals surface area (Å²) in [5.41, 5.74) is 0.550. The predicted molar refractivity (Wildman–Crippen MR) is 120 cm³/mol. The Morgan fingerprint density at radius 3 is 2.48 bits per heavy atom. The maximum absolute atomic E-state index is 13.4. The van der Waals surface area contributed by atoms with Crippen molar-refractivity contribution in [1.29, 1.82) is 0 Å². The Labute approximate surface area is 190 Å². The second kappa shape index (κ2) is 9.78. The van der Waals surface area contributed by atoms with Crippen molar-refractivity contribution >= 4 is 34.3 Å². The predicted octanol–water partition coefficient (Wildman–Crippen LogP) is 4.86. The zero-order valence-corrected chi connectivity index (χ0v) is 17.7. The fraction of sp³-hybridized carbons (Fsp3) is 0.0870. The minimum atomic E-state index is -3.04. The molecule has 0 spiro atoms. The average Bonchev–Trinajstić information content (AvgIpc) is 2.80. The summed E-state index contributed by atoms with van der Waals surface area (Å²) in [4.78, 5) is 30.2. The van der Waals surface area contributed by atoms with Gasteiger partial charge in [-0.25, -0.2) is 9.37 Å². The molecule has 0 fully saturated rings. The van der Waals surface area contributed by atoms with Crippen LogP contribution in [0.2, 0.25) is 0 Å². The third-order valence-electron chi connectivity index (χ3n) is 4.54. The number of amides is 1. The average molecular weight is 471 g/mol. The van der Waals surface area contributed by atoms with Crippen molar-refractivity contribution < 1.29 is 22.7 Å². The number of carbonyl (C=O) groups excluding carboxylic acids is 1. The van der Waals surface area contributed by atoms with Crippen molar-refractivity contribution in [2.24, 2.45) is 0 Å². The first kappa shape index (κ1) is 22.4. The standard InChI is InChI=1S/C23H16F3N3O3S/c24-14-9-11-15(12-10-14)29-21(31)16-5-1-2-6-17(16)28-23(29)33-13-20(30)27-18-7-3-4-8-19(18)32-22(25)26/h1-12,22H,13H2,(H,27,30). The van der Waals surface area contributed by atoms with Gasteiger partial charge in [-0.3, -0.25) is 14.2 Å². The summed E-state index contributed by atoms with van der Waals surface area (Å²) in [6, 6.07) is 17.9. The molecule has 0 radical (unpaired) electrons. The largest absolute Gasteiger partial charge is 0.433 e. The van der Waals surface area contributed by atoms with Crippen LogP contribution in [0.1, 0.15) is 0 Å². The van der Waals surface area contributed by atoms with Crippen molar-refractivity contribution in [2.75, 3.05) is 11.1 Å². The number of aromatic nitrogens is 2. The maximum Gasteiger partial charge on any atom is 0.387 e. The molecule has 33 heavy (non-hydrogen) atoms. The molecule has 0 unspecified atom stereocenters. The van der Waals surface area contributed by atoms with Crippen LogP contribution >= 0.6 is 11.8 Å². The van der Waals surface area contributed by atoms with Crippen molar-refractivity contribution in [3.63, 3.8) is 0 Å². The number of alkyl halides is 2. The molecule has 4 rings (SSSR count). The molecule has 1 heterocycles. The summed E-state index contributed by atoms with van der Waals surface area (Å²) in [5.74, 6) is -1.32. The number of hydrogen-bond acceptors (Lipinski definition) is 5. The lowest BCUT2D eigenvalue weighted by atomic mass is 10.2. The van der Waals surface area contributed by atoms with Crippen LogP contribution < -0.4 is 15.6 Å². The van der Waals surface area contributed by atoms with Gasteiger partial charge >= 0.3 is 6.61 Å². The molecule has 1 amide bonds. The van der Waals surface area contributed by atoms with Crippen molar-refractivity contribution in [2.45, 2.75) is 11.8 Å². The smallest absolute Gasteiger partial charge is 0.387 e. The van der Waals surface area contributed by atoms with E-state index < -0.39 is 18.3 Å². The lowest BCUT2D eigenvalue weighted by Gasteiger charge is -2.14. The number of para-hydroxylation sites is 3. The second-order valence-electron chi connectivity index (χ2n) is 6.74. The lowest BCUT2D eigenvalue weighted by Crippen LogP contribution is -2.23. The SMILES string of the molecule is O=C(CSc1nc2ccccc2c(=O)n1-c1ccc(F)cc1)Nc1ccccc1OC(F)F. The third-order valence-corrected chi connectivity index (χ3v) is 5.48. The Morgan fingerprint density at radius 2 is 1.73 bits per heavy atom. The van der Waals surface area contributed by atoms with Gasteiger partial charge in [0.2, 0.25) is 5.91 Å². The van der Waals surface area contributed by atoms with Crippen LogP contribution in [-0.4, -0.2) is 27.8 Å². The van der Waals surface area contributed by atoms with Gasteiger partial charge in [-0.2, -0.15) is 8.78 Å². The number of fused-ring (bicyclic) bond motifs is 1. The van der Waals surface area contributed by atoms with Crippen LogP contribution in [-0.2, 0) is 4.79 Å². The van der Waals surface area contributed by atoms with Crippen LogP contribution in [0.5, 0.6) is 5.75 Å². The molecular formula is C23H16F3N3O3S. The molecule has 0 saturated heterocycles. The van der Waals surface area contributed by atoms with E-state index in [-0.39, 0.29) is 27.9 Å². The topological polar surface area (TPSA) is 73.2 Å². The van der Waals surface area contributed by atoms with Crippen LogP contribution in [0.3, 0.4) is 0 Å². The minimum Gasteiger partial charge on any atom is -0.433 e. The second-order valence-corrected chi connectivity index (χ2v) is 7.68. The normalized spacial score (nSPS) is 11.0. The van der Waals surface area contributed by atoms with Gasteiger partial charge in [0.25, 0.3) is 5.56 Å². The molecule has 0 aliphatic heterocycles. The van der Waals surface area contributed by atoms with E-state index in [1.807, 2.05) is 0 Å². The molecule has 4 aromatic rings. The van der Waals surface area contributed by atoms with E-state index in [2.05, 4.69) is 15.0 Å².